The largest absolute Gasteiger partial charge is 1.00 e. The Kier molecular flexibility index (Phi) is 6.55. The zero-order chi connectivity index (χ0) is 14.0. The smallest absolute Gasteiger partial charge is 1.00 e. The van der Waals surface area contributed by atoms with Crippen LogP contribution in [0.1, 0.15) is 11.8 Å². The molecule has 0 aliphatic carbocycles. The van der Waals surface area contributed by atoms with Gasteiger partial charge in [-0.15, -0.1) is 0 Å². The van der Waals surface area contributed by atoms with Gasteiger partial charge in [-0.2, -0.15) is 0 Å². The fourth-order valence-electron chi connectivity index (χ4n) is 1.69. The summed E-state index contributed by atoms with van der Waals surface area (Å²) in [4.78, 5) is 11.4. The molecular formula is C12H15LiO6S. The molecule has 1 aromatic carbocycles. The molecule has 0 unspecified atom stereocenters. The molecule has 0 spiro atoms. The van der Waals surface area contributed by atoms with E-state index in [1.165, 1.54) is 12.1 Å². The van der Waals surface area contributed by atoms with Crippen molar-refractivity contribution in [1.82, 2.24) is 0 Å². The minimum Gasteiger partial charge on any atom is -1.00 e. The molecule has 4 N–H and O–H groups in total. The van der Waals surface area contributed by atoms with E-state index in [1.54, 1.807) is 12.1 Å². The van der Waals surface area contributed by atoms with Gasteiger partial charge in [0.25, 0.3) is 0 Å². The van der Waals surface area contributed by atoms with Crippen molar-refractivity contribution in [3.63, 3.8) is 0 Å². The molecule has 0 saturated carbocycles. The van der Waals surface area contributed by atoms with Crippen LogP contribution in [0.15, 0.2) is 29.2 Å². The van der Waals surface area contributed by atoms with Crippen molar-refractivity contribution in [2.75, 3.05) is 6.61 Å². The van der Waals surface area contributed by atoms with Gasteiger partial charge in [-0.25, -0.2) is 4.79 Å². The molecule has 20 heavy (non-hydrogen) atoms. The van der Waals surface area contributed by atoms with Crippen LogP contribution in [0, 0.1) is 0 Å². The van der Waals surface area contributed by atoms with Gasteiger partial charge in [0.15, 0.2) is 0 Å². The Labute approximate surface area is 133 Å². The predicted octanol–water partition coefficient (Wildman–Crippen LogP) is -2.97. The first-order chi connectivity index (χ1) is 8.99. The van der Waals surface area contributed by atoms with Crippen LogP contribution >= 0.6 is 11.8 Å². The minimum atomic E-state index is -1.25. The first-order valence-electron chi connectivity index (χ1n) is 5.65. The summed E-state index contributed by atoms with van der Waals surface area (Å²) in [6.45, 7) is -0.0525. The van der Waals surface area contributed by atoms with E-state index >= 15 is 0 Å². The second-order valence-electron chi connectivity index (χ2n) is 4.20. The van der Waals surface area contributed by atoms with E-state index in [-0.39, 0.29) is 32.5 Å². The van der Waals surface area contributed by atoms with Crippen LogP contribution in [0.4, 0.5) is 0 Å². The molecule has 0 amide bonds. The summed E-state index contributed by atoms with van der Waals surface area (Å²) in [6.07, 6.45) is -3.54. The summed E-state index contributed by atoms with van der Waals surface area (Å²) in [6, 6.07) is 6.10. The zero-order valence-electron chi connectivity index (χ0n) is 11.8. The second-order valence-corrected chi connectivity index (χ2v) is 5.37. The molecular weight excluding hydrogens is 279 g/mol. The molecule has 1 aromatic rings. The van der Waals surface area contributed by atoms with E-state index in [9.17, 15) is 20.1 Å². The molecule has 1 aliphatic heterocycles. The van der Waals surface area contributed by atoms with Crippen LogP contribution in [0.2, 0.25) is 0 Å². The third-order valence-electron chi connectivity index (χ3n) is 2.81. The minimum absolute atomic E-state index is 0. The summed E-state index contributed by atoms with van der Waals surface area (Å²) in [7, 11) is 0. The molecule has 2 rings (SSSR count). The Bertz CT molecular complexity index is 460. The molecule has 0 radical (unpaired) electrons. The first kappa shape index (κ1) is 17.5. The third kappa shape index (κ3) is 3.99. The van der Waals surface area contributed by atoms with E-state index < -0.39 is 29.7 Å². The zero-order valence-corrected chi connectivity index (χ0v) is 11.7. The van der Waals surface area contributed by atoms with Crippen LogP contribution in [0.3, 0.4) is 0 Å². The summed E-state index contributed by atoms with van der Waals surface area (Å²) >= 11 is 1.16. The van der Waals surface area contributed by atoms with E-state index in [2.05, 4.69) is 0 Å². The fraction of sp³-hybridized carbons (Fsp3) is 0.417. The molecule has 0 bridgehead atoms. The number of aromatic carboxylic acids is 1. The summed E-state index contributed by atoms with van der Waals surface area (Å²) in [5, 5.41) is 37.4. The molecule has 1 heterocycles. The van der Waals surface area contributed by atoms with Crippen molar-refractivity contribution < 1.29 is 50.2 Å². The number of rotatable bonds is 3. The molecule has 4 atom stereocenters. The summed E-state index contributed by atoms with van der Waals surface area (Å²) in [5.74, 6) is -1.01. The maximum Gasteiger partial charge on any atom is 1.00 e. The number of thioether (sulfide) groups is 1. The first-order valence-corrected chi connectivity index (χ1v) is 6.53. The number of carbonyl (C=O) groups is 1. The number of aliphatic hydroxyl groups excluding tert-OH is 3. The van der Waals surface area contributed by atoms with Crippen molar-refractivity contribution in [1.29, 1.82) is 0 Å². The van der Waals surface area contributed by atoms with Crippen LogP contribution in [-0.4, -0.2) is 56.8 Å². The van der Waals surface area contributed by atoms with Crippen molar-refractivity contribution in [2.45, 2.75) is 28.6 Å². The van der Waals surface area contributed by atoms with Gasteiger partial charge in [0.1, 0.15) is 23.7 Å². The number of carboxylic acid groups (broad SMARTS) is 1. The van der Waals surface area contributed by atoms with Gasteiger partial charge < -0.3 is 26.6 Å². The van der Waals surface area contributed by atoms with Gasteiger partial charge in [-0.1, -0.05) is 11.8 Å². The summed E-state index contributed by atoms with van der Waals surface area (Å²) < 4.78 is 5.24. The van der Waals surface area contributed by atoms with Gasteiger partial charge >= 0.3 is 24.8 Å². The number of carboxylic acids is 1. The Morgan fingerprint density at radius 1 is 1.20 bits per heavy atom. The number of benzene rings is 1. The molecule has 6 nitrogen and oxygen atoms in total. The number of ether oxygens (including phenoxy) is 1. The quantitative estimate of drug-likeness (QED) is 0.441. The van der Waals surface area contributed by atoms with Crippen LogP contribution in [-0.2, 0) is 4.74 Å². The Morgan fingerprint density at radius 2 is 1.80 bits per heavy atom. The summed E-state index contributed by atoms with van der Waals surface area (Å²) in [5.41, 5.74) is -0.529. The van der Waals surface area contributed by atoms with E-state index in [0.717, 1.165) is 11.8 Å². The Balaban J connectivity index is 0.00000200. The molecule has 8 heteroatoms. The third-order valence-corrected chi connectivity index (χ3v) is 4.00. The molecule has 1 aliphatic rings. The van der Waals surface area contributed by atoms with Gasteiger partial charge in [-0.3, -0.25) is 0 Å². The van der Waals surface area contributed by atoms with Gasteiger partial charge in [-0.05, 0) is 24.3 Å². The van der Waals surface area contributed by atoms with Crippen LogP contribution in [0.25, 0.3) is 0 Å². The fourth-order valence-corrected chi connectivity index (χ4v) is 2.70. The monoisotopic (exact) mass is 294 g/mol. The normalized spacial score (nSPS) is 29.6. The Hall–Kier alpha value is -0.523. The number of hydrogen-bond donors (Lipinski definition) is 4. The molecule has 1 fully saturated rings. The second kappa shape index (κ2) is 7.48. The van der Waals surface area contributed by atoms with E-state index in [0.29, 0.717) is 4.90 Å². The van der Waals surface area contributed by atoms with Crippen molar-refractivity contribution in [2.24, 2.45) is 0 Å². The number of aliphatic hydroxyl groups is 3. The topological polar surface area (TPSA) is 107 Å². The average molecular weight is 294 g/mol. The molecule has 0 aromatic heterocycles. The maximum atomic E-state index is 10.7. The maximum absolute atomic E-state index is 10.7. The standard InChI is InChI=1S/C12H14O6S.Li.H/c13-8-5-18-12(10(15)9(8)14)19-7-3-1-6(2-4-7)11(16)17;;/h1-4,8-10,12-15H,5H2,(H,16,17);;/q;+1;-1/t8-,9+,10-,12+;;/m1../s1. The van der Waals surface area contributed by atoms with Crippen molar-refractivity contribution in [3.05, 3.63) is 29.8 Å². The van der Waals surface area contributed by atoms with Crippen LogP contribution in [0.5, 0.6) is 0 Å². The average Bonchev–Trinajstić information content (AvgIpc) is 2.40. The van der Waals surface area contributed by atoms with Gasteiger partial charge in [0.2, 0.25) is 0 Å². The van der Waals surface area contributed by atoms with Gasteiger partial charge in [0.05, 0.1) is 12.2 Å². The van der Waals surface area contributed by atoms with E-state index in [4.69, 9.17) is 9.84 Å². The predicted molar refractivity (Wildman–Crippen MR) is 68.1 cm³/mol. The molecule has 1 saturated heterocycles. The van der Waals surface area contributed by atoms with E-state index in [1.807, 2.05) is 0 Å². The van der Waals surface area contributed by atoms with Gasteiger partial charge in [0, 0.05) is 4.90 Å². The van der Waals surface area contributed by atoms with Crippen LogP contribution < -0.4 is 18.9 Å². The Morgan fingerprint density at radius 3 is 2.35 bits per heavy atom. The SMILES string of the molecule is O=C(O)c1ccc(S[C@@H]2OC[C@@H](O)[C@H](O)[C@H]2O)cc1.[H-].[Li+]. The van der Waals surface area contributed by atoms with Crippen molar-refractivity contribution in [3.8, 4) is 0 Å². The molecule has 106 valence electrons. The van der Waals surface area contributed by atoms with Crippen molar-refractivity contribution >= 4 is 17.7 Å². The number of hydrogen-bond acceptors (Lipinski definition) is 6.